The van der Waals surface area contributed by atoms with E-state index in [1.807, 2.05) is 18.2 Å². The molecule has 2 heteroatoms. The average molecular weight is 204 g/mol. The minimum Gasteiger partial charge on any atom is -0.466 e. The van der Waals surface area contributed by atoms with Gasteiger partial charge < -0.3 is 4.74 Å². The van der Waals surface area contributed by atoms with E-state index in [-0.39, 0.29) is 11.4 Å². The Morgan fingerprint density at radius 1 is 1.20 bits per heavy atom. The minimum atomic E-state index is -0.0605. The van der Waals surface area contributed by atoms with Gasteiger partial charge in [0, 0.05) is 6.42 Å². The number of benzene rings is 1. The van der Waals surface area contributed by atoms with Crippen LogP contribution in [0, 0.1) is 0 Å². The van der Waals surface area contributed by atoms with Gasteiger partial charge in [0.1, 0.15) is 0 Å². The Morgan fingerprint density at radius 3 is 2.67 bits per heavy atom. The largest absolute Gasteiger partial charge is 0.466 e. The predicted octanol–water partition coefficient (Wildman–Crippen LogP) is 2.67. The lowest BCUT2D eigenvalue weighted by Gasteiger charge is -2.27. The molecule has 0 aromatic heterocycles. The van der Waals surface area contributed by atoms with E-state index in [4.69, 9.17) is 4.74 Å². The maximum Gasteiger partial charge on any atom is 0.305 e. The van der Waals surface area contributed by atoms with Gasteiger partial charge in [-0.15, -0.1) is 0 Å². The lowest BCUT2D eigenvalue weighted by Crippen LogP contribution is -2.21. The Labute approximate surface area is 90.3 Å². The van der Waals surface area contributed by atoms with Gasteiger partial charge in [-0.1, -0.05) is 37.3 Å². The molecule has 2 nitrogen and oxygen atoms in total. The van der Waals surface area contributed by atoms with Crippen molar-refractivity contribution < 1.29 is 9.53 Å². The van der Waals surface area contributed by atoms with Gasteiger partial charge in [-0.05, 0) is 23.8 Å². The first-order chi connectivity index (χ1) is 7.21. The van der Waals surface area contributed by atoms with Crippen LogP contribution in [0.2, 0.25) is 0 Å². The molecule has 1 atom stereocenters. The molecule has 1 aliphatic heterocycles. The predicted molar refractivity (Wildman–Crippen MR) is 58.6 cm³/mol. The van der Waals surface area contributed by atoms with Crippen molar-refractivity contribution in [2.45, 2.75) is 31.6 Å². The van der Waals surface area contributed by atoms with Crippen LogP contribution in [0.1, 0.15) is 31.7 Å². The maximum atomic E-state index is 11.2. The molecule has 2 rings (SSSR count). The highest BCUT2D eigenvalue weighted by atomic mass is 16.5. The summed E-state index contributed by atoms with van der Waals surface area (Å²) in [6.07, 6.45) is 2.34. The summed E-state index contributed by atoms with van der Waals surface area (Å²) in [6, 6.07) is 10.4. The molecule has 0 radical (unpaired) electrons. The molecule has 15 heavy (non-hydrogen) atoms. The highest BCUT2D eigenvalue weighted by Gasteiger charge is 2.30. The monoisotopic (exact) mass is 204 g/mol. The zero-order valence-corrected chi connectivity index (χ0v) is 9.03. The average Bonchev–Trinajstić information content (AvgIpc) is 2.44. The number of rotatable bonds is 1. The molecular formula is C13H16O2. The number of carbonyl (C=O) groups is 1. The number of carbonyl (C=O) groups excluding carboxylic acids is 1. The van der Waals surface area contributed by atoms with E-state index in [1.165, 1.54) is 5.56 Å². The summed E-state index contributed by atoms with van der Waals surface area (Å²) in [6.45, 7) is 2.76. The molecule has 0 aliphatic carbocycles. The molecule has 1 aromatic carbocycles. The summed E-state index contributed by atoms with van der Waals surface area (Å²) < 4.78 is 5.08. The van der Waals surface area contributed by atoms with Crippen molar-refractivity contribution in [3.63, 3.8) is 0 Å². The van der Waals surface area contributed by atoms with Gasteiger partial charge in [0.15, 0.2) is 0 Å². The zero-order chi connectivity index (χ0) is 10.7. The first-order valence-electron chi connectivity index (χ1n) is 5.42. The van der Waals surface area contributed by atoms with Crippen LogP contribution in [0.25, 0.3) is 0 Å². The van der Waals surface area contributed by atoms with Gasteiger partial charge in [0.05, 0.1) is 6.61 Å². The second-order valence-corrected chi connectivity index (χ2v) is 4.40. The van der Waals surface area contributed by atoms with Crippen LogP contribution in [0.3, 0.4) is 0 Å². The van der Waals surface area contributed by atoms with Gasteiger partial charge in [0.2, 0.25) is 0 Å². The Hall–Kier alpha value is -1.31. The molecule has 0 unspecified atom stereocenters. The normalized spacial score (nSPS) is 26.9. The van der Waals surface area contributed by atoms with Gasteiger partial charge in [0.25, 0.3) is 0 Å². The standard InChI is InChI=1S/C13H16O2/c1-13(11-5-3-2-4-6-11)8-7-12(14)15-10-9-13/h2-6H,7-10H2,1H3/t13-/m0/s1. The quantitative estimate of drug-likeness (QED) is 0.657. The molecule has 0 saturated carbocycles. The van der Waals surface area contributed by atoms with Crippen molar-refractivity contribution in [2.24, 2.45) is 0 Å². The Balaban J connectivity index is 2.22. The van der Waals surface area contributed by atoms with E-state index in [0.717, 1.165) is 12.8 Å². The Morgan fingerprint density at radius 2 is 1.93 bits per heavy atom. The molecule has 0 amide bonds. The third-order valence-corrected chi connectivity index (χ3v) is 3.27. The van der Waals surface area contributed by atoms with Gasteiger partial charge in [-0.2, -0.15) is 0 Å². The topological polar surface area (TPSA) is 26.3 Å². The first kappa shape index (κ1) is 10.2. The third kappa shape index (κ3) is 2.20. The van der Waals surface area contributed by atoms with E-state index < -0.39 is 0 Å². The summed E-state index contributed by atoms with van der Waals surface area (Å²) in [7, 11) is 0. The maximum absolute atomic E-state index is 11.2. The van der Waals surface area contributed by atoms with Crippen molar-refractivity contribution in [2.75, 3.05) is 6.61 Å². The van der Waals surface area contributed by atoms with Crippen molar-refractivity contribution in [3.8, 4) is 0 Å². The second-order valence-electron chi connectivity index (χ2n) is 4.40. The van der Waals surface area contributed by atoms with Crippen LogP contribution in [0.15, 0.2) is 30.3 Å². The smallest absolute Gasteiger partial charge is 0.305 e. The Bertz CT molecular complexity index is 345. The van der Waals surface area contributed by atoms with Crippen molar-refractivity contribution in [3.05, 3.63) is 35.9 Å². The molecule has 0 N–H and O–H groups in total. The van der Waals surface area contributed by atoms with Crippen LogP contribution in [-0.2, 0) is 14.9 Å². The first-order valence-corrected chi connectivity index (χ1v) is 5.42. The molecule has 0 spiro atoms. The van der Waals surface area contributed by atoms with Crippen molar-refractivity contribution in [1.82, 2.24) is 0 Å². The van der Waals surface area contributed by atoms with Crippen molar-refractivity contribution >= 4 is 5.97 Å². The highest BCUT2D eigenvalue weighted by Crippen LogP contribution is 2.34. The third-order valence-electron chi connectivity index (χ3n) is 3.27. The number of hydrogen-bond acceptors (Lipinski definition) is 2. The minimum absolute atomic E-state index is 0.0605. The van der Waals surface area contributed by atoms with Gasteiger partial charge in [-0.3, -0.25) is 4.79 Å². The second kappa shape index (κ2) is 4.05. The summed E-state index contributed by atoms with van der Waals surface area (Å²) in [5, 5.41) is 0. The van der Waals surface area contributed by atoms with Gasteiger partial charge >= 0.3 is 5.97 Å². The molecule has 0 bridgehead atoms. The highest BCUT2D eigenvalue weighted by molar-refractivity contribution is 5.69. The number of ether oxygens (including phenoxy) is 1. The lowest BCUT2D eigenvalue weighted by molar-refractivity contribution is -0.142. The fourth-order valence-electron chi connectivity index (χ4n) is 2.09. The molecule has 1 aromatic rings. The number of cyclic esters (lactones) is 1. The van der Waals surface area contributed by atoms with Crippen LogP contribution < -0.4 is 0 Å². The van der Waals surface area contributed by atoms with E-state index in [1.54, 1.807) is 0 Å². The zero-order valence-electron chi connectivity index (χ0n) is 9.03. The molecule has 1 heterocycles. The summed E-state index contributed by atoms with van der Waals surface area (Å²) in [5.74, 6) is -0.0605. The molecule has 1 aliphatic rings. The van der Waals surface area contributed by atoms with E-state index in [0.29, 0.717) is 13.0 Å². The number of hydrogen-bond donors (Lipinski definition) is 0. The summed E-state index contributed by atoms with van der Waals surface area (Å²) in [5.41, 5.74) is 1.40. The summed E-state index contributed by atoms with van der Waals surface area (Å²) in [4.78, 5) is 11.2. The number of esters is 1. The van der Waals surface area contributed by atoms with Crippen LogP contribution in [-0.4, -0.2) is 12.6 Å². The Kier molecular flexibility index (Phi) is 2.76. The van der Waals surface area contributed by atoms with E-state index in [2.05, 4.69) is 19.1 Å². The lowest BCUT2D eigenvalue weighted by atomic mass is 9.76. The SMILES string of the molecule is C[C@@]1(c2ccccc2)CCOC(=O)CC1. The van der Waals surface area contributed by atoms with Crippen molar-refractivity contribution in [1.29, 1.82) is 0 Å². The molecule has 1 saturated heterocycles. The fraction of sp³-hybridized carbons (Fsp3) is 0.462. The van der Waals surface area contributed by atoms with Gasteiger partial charge in [-0.25, -0.2) is 0 Å². The van der Waals surface area contributed by atoms with Crippen LogP contribution in [0.4, 0.5) is 0 Å². The van der Waals surface area contributed by atoms with Crippen LogP contribution in [0.5, 0.6) is 0 Å². The van der Waals surface area contributed by atoms with E-state index >= 15 is 0 Å². The molecule has 1 fully saturated rings. The van der Waals surface area contributed by atoms with Crippen LogP contribution >= 0.6 is 0 Å². The van der Waals surface area contributed by atoms with E-state index in [9.17, 15) is 4.79 Å². The molecule has 80 valence electrons. The molecular weight excluding hydrogens is 188 g/mol. The summed E-state index contributed by atoms with van der Waals surface area (Å²) >= 11 is 0. The fourth-order valence-corrected chi connectivity index (χ4v) is 2.09.